The van der Waals surface area contributed by atoms with Crippen LogP contribution in [0.3, 0.4) is 0 Å². The second-order valence-electron chi connectivity index (χ2n) is 7.22. The number of amides is 2. The Labute approximate surface area is 166 Å². The number of nitrogens with one attached hydrogen (secondary N) is 1. The molecule has 1 aromatic rings. The van der Waals surface area contributed by atoms with Crippen molar-refractivity contribution in [2.24, 2.45) is 0 Å². The first-order valence-electron chi connectivity index (χ1n) is 8.78. The molecule has 2 fully saturated rings. The van der Waals surface area contributed by atoms with Crippen molar-refractivity contribution in [2.45, 2.75) is 36.1 Å². The summed E-state index contributed by atoms with van der Waals surface area (Å²) in [5.41, 5.74) is 0.781. The number of hydrogen-bond donors (Lipinski definition) is 1. The average molecular weight is 404 g/mol. The maximum Gasteiger partial charge on any atom is 0.330 e. The van der Waals surface area contributed by atoms with E-state index in [0.29, 0.717) is 11.5 Å². The van der Waals surface area contributed by atoms with E-state index < -0.39 is 22.8 Å². The topological polar surface area (TPSA) is 94.2 Å². The second-order valence-corrected chi connectivity index (χ2v) is 8.99. The van der Waals surface area contributed by atoms with Crippen LogP contribution in [0.4, 0.5) is 0 Å². The fourth-order valence-electron chi connectivity index (χ4n) is 3.63. The number of esters is 1. The fraction of sp³-hybridized carbons (Fsp3) is 0.421. The molecule has 3 aliphatic rings. The summed E-state index contributed by atoms with van der Waals surface area (Å²) in [5, 5.41) is 2.45. The molecule has 0 spiro atoms. The van der Waals surface area contributed by atoms with Crippen LogP contribution in [0.5, 0.6) is 11.5 Å². The van der Waals surface area contributed by atoms with Crippen LogP contribution in [0.2, 0.25) is 0 Å². The molecule has 28 heavy (non-hydrogen) atoms. The number of thioether (sulfide) groups is 1. The lowest BCUT2D eigenvalue weighted by Crippen LogP contribution is -2.70. The van der Waals surface area contributed by atoms with E-state index in [2.05, 4.69) is 5.32 Å². The Hall–Kier alpha value is -2.68. The molecular formula is C19H20N2O6S. The summed E-state index contributed by atoms with van der Waals surface area (Å²) in [6.07, 6.45) is 3.01. The van der Waals surface area contributed by atoms with Crippen molar-refractivity contribution in [3.8, 4) is 11.5 Å². The summed E-state index contributed by atoms with van der Waals surface area (Å²) in [5.74, 6) is 0.202. The van der Waals surface area contributed by atoms with Crippen molar-refractivity contribution in [3.63, 3.8) is 0 Å². The third-order valence-corrected chi connectivity index (χ3v) is 6.56. The number of carbonyl (C=O) groups is 3. The molecule has 1 aromatic carbocycles. The van der Waals surface area contributed by atoms with Gasteiger partial charge >= 0.3 is 5.97 Å². The van der Waals surface area contributed by atoms with Crippen LogP contribution < -0.4 is 14.8 Å². The summed E-state index contributed by atoms with van der Waals surface area (Å²) in [6.45, 7) is 3.97. The van der Waals surface area contributed by atoms with Crippen LogP contribution in [-0.4, -0.2) is 58.8 Å². The van der Waals surface area contributed by atoms with Crippen LogP contribution in [0.1, 0.15) is 19.4 Å². The predicted molar refractivity (Wildman–Crippen MR) is 102 cm³/mol. The predicted octanol–water partition coefficient (Wildman–Crippen LogP) is 1.15. The van der Waals surface area contributed by atoms with E-state index in [4.69, 9.17) is 14.2 Å². The molecule has 0 aliphatic carbocycles. The van der Waals surface area contributed by atoms with E-state index >= 15 is 0 Å². The highest BCUT2D eigenvalue weighted by Gasteiger charge is 2.64. The molecule has 0 bridgehead atoms. The van der Waals surface area contributed by atoms with Crippen molar-refractivity contribution >= 4 is 35.6 Å². The molecule has 0 radical (unpaired) electrons. The van der Waals surface area contributed by atoms with Crippen LogP contribution in [0.25, 0.3) is 6.08 Å². The van der Waals surface area contributed by atoms with Crippen molar-refractivity contribution in [2.75, 3.05) is 13.9 Å². The highest BCUT2D eigenvalue weighted by atomic mass is 32.2. The first kappa shape index (κ1) is 18.7. The van der Waals surface area contributed by atoms with Crippen molar-refractivity contribution < 1.29 is 28.6 Å². The van der Waals surface area contributed by atoms with E-state index in [-0.39, 0.29) is 24.0 Å². The summed E-state index contributed by atoms with van der Waals surface area (Å²) >= 11 is 1.49. The standard InChI is InChI=1S/C19H20N2O6S/c1-19(2)15(18(24)25-3)21-16(23)14(17(21)28-19)20-13(22)7-5-10-4-6-11-12(8-10)27-9-26-11/h4-8,14-15,17H,9H2,1-3H3,(H,20,22)/b7-5+/t14-,15+,17-/m1/s1. The zero-order valence-electron chi connectivity index (χ0n) is 15.6. The number of β-lactam (4-membered cyclic amide) rings is 1. The van der Waals surface area contributed by atoms with Gasteiger partial charge in [-0.15, -0.1) is 11.8 Å². The monoisotopic (exact) mass is 404 g/mol. The molecule has 148 valence electrons. The minimum Gasteiger partial charge on any atom is -0.467 e. The normalized spacial score (nSPS) is 26.8. The zero-order valence-corrected chi connectivity index (χ0v) is 16.4. The van der Waals surface area contributed by atoms with E-state index in [9.17, 15) is 14.4 Å². The van der Waals surface area contributed by atoms with Gasteiger partial charge in [0.2, 0.25) is 18.6 Å². The van der Waals surface area contributed by atoms with Crippen LogP contribution >= 0.6 is 11.8 Å². The SMILES string of the molecule is COC(=O)[C@@H]1N2C(=O)[C@@H](NC(=O)/C=C/c3ccc4c(c3)OCO4)[C@H]2SC1(C)C. The number of nitrogens with zero attached hydrogens (tertiary/aromatic N) is 1. The number of methoxy groups -OCH3 is 1. The Morgan fingerprint density at radius 3 is 2.82 bits per heavy atom. The maximum atomic E-state index is 12.5. The Morgan fingerprint density at radius 2 is 2.07 bits per heavy atom. The molecule has 2 amide bonds. The minimum absolute atomic E-state index is 0.186. The maximum absolute atomic E-state index is 12.5. The van der Waals surface area contributed by atoms with Crippen molar-refractivity contribution in [3.05, 3.63) is 29.8 Å². The minimum atomic E-state index is -0.659. The Bertz CT molecular complexity index is 883. The molecule has 2 saturated heterocycles. The average Bonchev–Trinajstić information content (AvgIpc) is 3.23. The first-order valence-corrected chi connectivity index (χ1v) is 9.66. The molecule has 3 heterocycles. The smallest absolute Gasteiger partial charge is 0.330 e. The van der Waals surface area contributed by atoms with Crippen LogP contribution in [-0.2, 0) is 19.1 Å². The molecular weight excluding hydrogens is 384 g/mol. The Morgan fingerprint density at radius 1 is 1.32 bits per heavy atom. The van der Waals surface area contributed by atoms with Gasteiger partial charge in [-0.2, -0.15) is 0 Å². The lowest BCUT2D eigenvalue weighted by molar-refractivity contribution is -0.162. The molecule has 0 unspecified atom stereocenters. The summed E-state index contributed by atoms with van der Waals surface area (Å²) in [4.78, 5) is 38.4. The van der Waals surface area contributed by atoms with E-state index in [1.54, 1.807) is 18.2 Å². The number of carbonyl (C=O) groups excluding carboxylic acids is 3. The van der Waals surface area contributed by atoms with Crippen LogP contribution in [0, 0.1) is 0 Å². The van der Waals surface area contributed by atoms with E-state index in [1.807, 2.05) is 19.9 Å². The molecule has 4 rings (SSSR count). The third-order valence-electron chi connectivity index (χ3n) is 4.99. The highest BCUT2D eigenvalue weighted by molar-refractivity contribution is 8.01. The van der Waals surface area contributed by atoms with Gasteiger partial charge in [0.15, 0.2) is 11.5 Å². The number of rotatable bonds is 4. The number of ether oxygens (including phenoxy) is 3. The van der Waals surface area contributed by atoms with Crippen molar-refractivity contribution in [1.29, 1.82) is 0 Å². The fourth-order valence-corrected chi connectivity index (χ4v) is 5.25. The molecule has 3 atom stereocenters. The highest BCUT2D eigenvalue weighted by Crippen LogP contribution is 2.51. The lowest BCUT2D eigenvalue weighted by Gasteiger charge is -2.43. The second kappa shape index (κ2) is 6.73. The van der Waals surface area contributed by atoms with Gasteiger partial charge in [0, 0.05) is 10.8 Å². The van der Waals surface area contributed by atoms with Crippen molar-refractivity contribution in [1.82, 2.24) is 10.2 Å². The number of fused-ring (bicyclic) bond motifs is 2. The Kier molecular flexibility index (Phi) is 4.49. The Balaban J connectivity index is 1.41. The summed E-state index contributed by atoms with van der Waals surface area (Å²) in [6, 6.07) is 4.05. The number of hydrogen-bond acceptors (Lipinski definition) is 7. The van der Waals surface area contributed by atoms with Gasteiger partial charge in [-0.3, -0.25) is 9.59 Å². The molecule has 0 saturated carbocycles. The molecule has 0 aromatic heterocycles. The zero-order chi connectivity index (χ0) is 20.1. The molecule has 9 heteroatoms. The largest absolute Gasteiger partial charge is 0.467 e. The quantitative estimate of drug-likeness (QED) is 0.457. The van der Waals surface area contributed by atoms with Gasteiger partial charge in [0.05, 0.1) is 7.11 Å². The van der Waals surface area contributed by atoms with E-state index in [0.717, 1.165) is 5.56 Å². The number of benzene rings is 1. The molecule has 3 aliphatic heterocycles. The first-order chi connectivity index (χ1) is 13.3. The van der Waals surface area contributed by atoms with Gasteiger partial charge in [-0.25, -0.2) is 4.79 Å². The van der Waals surface area contributed by atoms with E-state index in [1.165, 1.54) is 29.8 Å². The molecule has 8 nitrogen and oxygen atoms in total. The summed E-state index contributed by atoms with van der Waals surface area (Å²) < 4.78 is 14.9. The lowest BCUT2D eigenvalue weighted by atomic mass is 9.96. The molecule has 1 N–H and O–H groups in total. The van der Waals surface area contributed by atoms with Gasteiger partial charge in [-0.1, -0.05) is 6.07 Å². The van der Waals surface area contributed by atoms with Gasteiger partial charge in [-0.05, 0) is 37.6 Å². The third kappa shape index (κ3) is 2.99. The van der Waals surface area contributed by atoms with Gasteiger partial charge in [0.25, 0.3) is 0 Å². The van der Waals surface area contributed by atoms with Gasteiger partial charge < -0.3 is 24.4 Å². The van der Waals surface area contributed by atoms with Crippen LogP contribution in [0.15, 0.2) is 24.3 Å². The van der Waals surface area contributed by atoms with Gasteiger partial charge in [0.1, 0.15) is 17.5 Å². The summed E-state index contributed by atoms with van der Waals surface area (Å²) in [7, 11) is 1.31.